The molecule has 0 spiro atoms. The molecule has 1 aromatic carbocycles. The van der Waals surface area contributed by atoms with Crippen LogP contribution in [0.3, 0.4) is 0 Å². The van der Waals surface area contributed by atoms with E-state index >= 15 is 0 Å². The summed E-state index contributed by atoms with van der Waals surface area (Å²) < 4.78 is 5.74. The lowest BCUT2D eigenvalue weighted by Crippen LogP contribution is -2.51. The minimum atomic E-state index is -0.874. The molecule has 4 heteroatoms. The number of nitrogens with zero attached hydrogens (tertiary/aromatic N) is 1. The normalized spacial score (nSPS) is 11.7. The quantitative estimate of drug-likeness (QED) is 0.834. The van der Waals surface area contributed by atoms with Crippen LogP contribution in [-0.2, 0) is 4.79 Å². The Hall–Kier alpha value is -1.55. The molecular weight excluding hydrogens is 254 g/mol. The zero-order valence-corrected chi connectivity index (χ0v) is 13.1. The van der Waals surface area contributed by atoms with Crippen LogP contribution in [0.5, 0.6) is 5.75 Å². The van der Waals surface area contributed by atoms with E-state index in [1.165, 1.54) is 11.1 Å². The summed E-state index contributed by atoms with van der Waals surface area (Å²) >= 11 is 0. The summed E-state index contributed by atoms with van der Waals surface area (Å²) in [7, 11) is 0. The molecule has 0 saturated heterocycles. The first-order valence-corrected chi connectivity index (χ1v) is 6.97. The highest BCUT2D eigenvalue weighted by Crippen LogP contribution is 2.17. The van der Waals surface area contributed by atoms with Gasteiger partial charge >= 0.3 is 5.97 Å². The van der Waals surface area contributed by atoms with Gasteiger partial charge in [0.25, 0.3) is 0 Å². The number of aryl methyl sites for hydroxylation is 2. The van der Waals surface area contributed by atoms with Crippen LogP contribution in [0.4, 0.5) is 0 Å². The van der Waals surface area contributed by atoms with Gasteiger partial charge in [-0.3, -0.25) is 9.69 Å². The van der Waals surface area contributed by atoms with Gasteiger partial charge in [-0.1, -0.05) is 13.0 Å². The minimum Gasteiger partial charge on any atom is -0.492 e. The van der Waals surface area contributed by atoms with E-state index in [9.17, 15) is 9.90 Å². The molecule has 0 aliphatic rings. The van der Waals surface area contributed by atoms with Gasteiger partial charge in [-0.2, -0.15) is 0 Å². The molecule has 0 unspecified atom stereocenters. The van der Waals surface area contributed by atoms with E-state index < -0.39 is 11.5 Å². The van der Waals surface area contributed by atoms with Crippen LogP contribution < -0.4 is 4.74 Å². The molecule has 0 bridgehead atoms. The number of carboxylic acids is 1. The molecule has 0 heterocycles. The Balaban J connectivity index is 2.60. The molecule has 0 saturated carbocycles. The summed E-state index contributed by atoms with van der Waals surface area (Å²) in [5.41, 5.74) is 1.46. The first-order chi connectivity index (χ1) is 9.27. The summed E-state index contributed by atoms with van der Waals surface area (Å²) in [6.45, 7) is 11.2. The summed E-state index contributed by atoms with van der Waals surface area (Å²) in [6, 6.07) is 6.08. The van der Waals surface area contributed by atoms with Crippen LogP contribution in [0.2, 0.25) is 0 Å². The lowest BCUT2D eigenvalue weighted by atomic mass is 10.0. The van der Waals surface area contributed by atoms with E-state index in [1.807, 2.05) is 37.8 Å². The van der Waals surface area contributed by atoms with Gasteiger partial charge < -0.3 is 9.84 Å². The average Bonchev–Trinajstić information content (AvgIpc) is 2.32. The van der Waals surface area contributed by atoms with Crippen molar-refractivity contribution >= 4 is 5.97 Å². The molecule has 0 aliphatic heterocycles. The Kier molecular flexibility index (Phi) is 5.57. The molecule has 0 fully saturated rings. The van der Waals surface area contributed by atoms with Crippen molar-refractivity contribution in [1.29, 1.82) is 0 Å². The Morgan fingerprint density at radius 3 is 2.25 bits per heavy atom. The van der Waals surface area contributed by atoms with Crippen molar-refractivity contribution in [2.24, 2.45) is 0 Å². The van der Waals surface area contributed by atoms with E-state index in [0.29, 0.717) is 19.7 Å². The molecule has 4 nitrogen and oxygen atoms in total. The van der Waals surface area contributed by atoms with Crippen LogP contribution in [0, 0.1) is 13.8 Å². The van der Waals surface area contributed by atoms with Crippen molar-refractivity contribution in [3.05, 3.63) is 29.3 Å². The average molecular weight is 279 g/mol. The molecule has 0 atom stereocenters. The number of benzene rings is 1. The molecule has 112 valence electrons. The van der Waals surface area contributed by atoms with Gasteiger partial charge in [-0.05, 0) is 57.5 Å². The van der Waals surface area contributed by atoms with Crippen LogP contribution in [0.25, 0.3) is 0 Å². The molecule has 1 aromatic rings. The van der Waals surface area contributed by atoms with Gasteiger partial charge in [0.15, 0.2) is 0 Å². The van der Waals surface area contributed by atoms with Gasteiger partial charge in [0, 0.05) is 6.54 Å². The Morgan fingerprint density at radius 2 is 1.80 bits per heavy atom. The van der Waals surface area contributed by atoms with Crippen molar-refractivity contribution in [2.75, 3.05) is 19.7 Å². The largest absolute Gasteiger partial charge is 0.492 e. The van der Waals surface area contributed by atoms with Crippen molar-refractivity contribution in [3.8, 4) is 5.75 Å². The second kappa shape index (κ2) is 6.75. The number of rotatable bonds is 7. The number of carboxylic acid groups (broad SMARTS) is 1. The van der Waals surface area contributed by atoms with E-state index in [4.69, 9.17) is 4.74 Å². The van der Waals surface area contributed by atoms with Gasteiger partial charge in [0.1, 0.15) is 17.9 Å². The summed E-state index contributed by atoms with van der Waals surface area (Å²) in [6.07, 6.45) is 0. The highest BCUT2D eigenvalue weighted by Gasteiger charge is 2.33. The van der Waals surface area contributed by atoms with E-state index in [0.717, 1.165) is 5.75 Å². The number of hydrogen-bond acceptors (Lipinski definition) is 3. The molecule has 1 N–H and O–H groups in total. The third-order valence-electron chi connectivity index (χ3n) is 3.52. The van der Waals surface area contributed by atoms with Crippen molar-refractivity contribution < 1.29 is 14.6 Å². The number of ether oxygens (including phenoxy) is 1. The summed E-state index contributed by atoms with van der Waals surface area (Å²) in [5.74, 6) is 0.0254. The maximum Gasteiger partial charge on any atom is 0.323 e. The first kappa shape index (κ1) is 16.5. The predicted molar refractivity (Wildman–Crippen MR) is 80.4 cm³/mol. The van der Waals surface area contributed by atoms with Crippen LogP contribution in [-0.4, -0.2) is 41.2 Å². The topological polar surface area (TPSA) is 49.8 Å². The summed E-state index contributed by atoms with van der Waals surface area (Å²) in [4.78, 5) is 13.2. The zero-order valence-electron chi connectivity index (χ0n) is 13.1. The number of carbonyl (C=O) groups is 1. The van der Waals surface area contributed by atoms with Crippen molar-refractivity contribution in [2.45, 2.75) is 40.2 Å². The number of likely N-dealkylation sites (N-methyl/N-ethyl adjacent to an activating group) is 1. The van der Waals surface area contributed by atoms with E-state index in [1.54, 1.807) is 13.8 Å². The lowest BCUT2D eigenvalue weighted by Gasteiger charge is -2.33. The van der Waals surface area contributed by atoms with Gasteiger partial charge in [-0.15, -0.1) is 0 Å². The SMILES string of the molecule is CCN(CCOc1cc(C)cc(C)c1)C(C)(C)C(=O)O. The van der Waals surface area contributed by atoms with E-state index in [2.05, 4.69) is 6.07 Å². The molecule has 0 amide bonds. The highest BCUT2D eigenvalue weighted by atomic mass is 16.5. The van der Waals surface area contributed by atoms with Crippen molar-refractivity contribution in [1.82, 2.24) is 4.90 Å². The van der Waals surface area contributed by atoms with Crippen molar-refractivity contribution in [3.63, 3.8) is 0 Å². The van der Waals surface area contributed by atoms with Gasteiger partial charge in [-0.25, -0.2) is 0 Å². The zero-order chi connectivity index (χ0) is 15.3. The fourth-order valence-electron chi connectivity index (χ4n) is 2.26. The highest BCUT2D eigenvalue weighted by molar-refractivity contribution is 5.77. The van der Waals surface area contributed by atoms with Crippen LogP contribution >= 0.6 is 0 Å². The van der Waals surface area contributed by atoms with Crippen LogP contribution in [0.1, 0.15) is 31.9 Å². The monoisotopic (exact) mass is 279 g/mol. The maximum atomic E-state index is 11.3. The number of hydrogen-bond donors (Lipinski definition) is 1. The molecule has 0 aliphatic carbocycles. The molecular formula is C16H25NO3. The third-order valence-corrected chi connectivity index (χ3v) is 3.52. The Labute approximate surface area is 121 Å². The summed E-state index contributed by atoms with van der Waals surface area (Å²) in [5, 5.41) is 9.25. The standard InChI is InChI=1S/C16H25NO3/c1-6-17(16(4,5)15(18)19)7-8-20-14-10-12(2)9-13(3)11-14/h9-11H,6-8H2,1-5H3,(H,18,19). The molecule has 0 aromatic heterocycles. The second-order valence-corrected chi connectivity index (χ2v) is 5.62. The molecule has 0 radical (unpaired) electrons. The predicted octanol–water partition coefficient (Wildman–Crippen LogP) is 2.87. The van der Waals surface area contributed by atoms with Gasteiger partial charge in [0.05, 0.1) is 0 Å². The lowest BCUT2D eigenvalue weighted by molar-refractivity contribution is -0.149. The minimum absolute atomic E-state index is 0.480. The Morgan fingerprint density at radius 1 is 1.25 bits per heavy atom. The molecule has 20 heavy (non-hydrogen) atoms. The first-order valence-electron chi connectivity index (χ1n) is 6.97. The fraction of sp³-hybridized carbons (Fsp3) is 0.562. The third kappa shape index (κ3) is 4.23. The second-order valence-electron chi connectivity index (χ2n) is 5.62. The smallest absolute Gasteiger partial charge is 0.323 e. The van der Waals surface area contributed by atoms with Crippen LogP contribution in [0.15, 0.2) is 18.2 Å². The molecule has 1 rings (SSSR count). The van der Waals surface area contributed by atoms with E-state index in [-0.39, 0.29) is 0 Å². The number of aliphatic carboxylic acids is 1. The maximum absolute atomic E-state index is 11.3. The van der Waals surface area contributed by atoms with Gasteiger partial charge in [0.2, 0.25) is 0 Å². The fourth-order valence-corrected chi connectivity index (χ4v) is 2.26. The Bertz CT molecular complexity index is 449.